The number of unbranched alkanes of at least 4 members (excludes halogenated alkanes) is 1. The van der Waals surface area contributed by atoms with E-state index in [9.17, 15) is 19.8 Å². The van der Waals surface area contributed by atoms with Crippen LogP contribution in [0.15, 0.2) is 54.6 Å². The molecule has 5 nitrogen and oxygen atoms in total. The fourth-order valence-corrected chi connectivity index (χ4v) is 3.57. The summed E-state index contributed by atoms with van der Waals surface area (Å²) in [7, 11) is 0. The molecule has 0 amide bonds. The summed E-state index contributed by atoms with van der Waals surface area (Å²) in [4.78, 5) is 22.7. The highest BCUT2D eigenvalue weighted by atomic mass is 16.4. The van der Waals surface area contributed by atoms with Crippen LogP contribution in [0, 0.1) is 11.8 Å². The second kappa shape index (κ2) is 11.6. The van der Waals surface area contributed by atoms with Crippen LogP contribution in [-0.2, 0) is 16.0 Å². The Morgan fingerprint density at radius 3 is 2.68 bits per heavy atom. The topological polar surface area (TPSA) is 94.8 Å². The summed E-state index contributed by atoms with van der Waals surface area (Å²) in [5.41, 5.74) is 1.16. The Labute approximate surface area is 166 Å². The average molecular weight is 386 g/mol. The monoisotopic (exact) mass is 386 g/mol. The van der Waals surface area contributed by atoms with Crippen molar-refractivity contribution in [3.8, 4) is 0 Å². The summed E-state index contributed by atoms with van der Waals surface area (Å²) in [6.07, 6.45) is 9.34. The number of carbonyl (C=O) groups is 2. The van der Waals surface area contributed by atoms with Crippen LogP contribution in [0.5, 0.6) is 0 Å². The van der Waals surface area contributed by atoms with E-state index >= 15 is 0 Å². The van der Waals surface area contributed by atoms with E-state index in [1.807, 2.05) is 42.5 Å². The van der Waals surface area contributed by atoms with Crippen LogP contribution in [-0.4, -0.2) is 39.3 Å². The van der Waals surface area contributed by atoms with Crippen LogP contribution in [0.2, 0.25) is 0 Å². The summed E-state index contributed by atoms with van der Waals surface area (Å²) in [6.45, 7) is 0. The van der Waals surface area contributed by atoms with E-state index in [4.69, 9.17) is 5.11 Å². The third-order valence-electron chi connectivity index (χ3n) is 5.18. The summed E-state index contributed by atoms with van der Waals surface area (Å²) in [6, 6.07) is 9.94. The molecule has 3 N–H and O–H groups in total. The van der Waals surface area contributed by atoms with Crippen LogP contribution < -0.4 is 0 Å². The van der Waals surface area contributed by atoms with Gasteiger partial charge in [-0.2, -0.15) is 0 Å². The number of rotatable bonds is 11. The van der Waals surface area contributed by atoms with E-state index in [1.54, 1.807) is 12.2 Å². The third-order valence-corrected chi connectivity index (χ3v) is 5.18. The summed E-state index contributed by atoms with van der Waals surface area (Å²) in [5.74, 6) is -1.35. The molecule has 0 heterocycles. The normalized spacial score (nSPS) is 23.6. The third kappa shape index (κ3) is 7.41. The van der Waals surface area contributed by atoms with E-state index in [0.29, 0.717) is 25.7 Å². The Morgan fingerprint density at radius 1 is 1.21 bits per heavy atom. The van der Waals surface area contributed by atoms with Gasteiger partial charge in [0.1, 0.15) is 5.78 Å². The number of aliphatic hydroxyl groups is 2. The van der Waals surface area contributed by atoms with Gasteiger partial charge in [-0.3, -0.25) is 9.59 Å². The van der Waals surface area contributed by atoms with Crippen molar-refractivity contribution in [3.63, 3.8) is 0 Å². The van der Waals surface area contributed by atoms with Crippen LogP contribution in [0.3, 0.4) is 0 Å². The zero-order valence-corrected chi connectivity index (χ0v) is 16.1. The average Bonchev–Trinajstić information content (AvgIpc) is 2.94. The van der Waals surface area contributed by atoms with Crippen molar-refractivity contribution in [2.75, 3.05) is 0 Å². The number of Topliss-reactive ketones (excluding diaryl/α,β-unsaturated/α-hetero) is 1. The van der Waals surface area contributed by atoms with Gasteiger partial charge >= 0.3 is 5.97 Å². The highest BCUT2D eigenvalue weighted by molar-refractivity contribution is 5.84. The molecule has 28 heavy (non-hydrogen) atoms. The van der Waals surface area contributed by atoms with Crippen molar-refractivity contribution < 1.29 is 24.9 Å². The van der Waals surface area contributed by atoms with Gasteiger partial charge in [0, 0.05) is 24.7 Å². The number of aryl methyl sites for hydroxylation is 1. The lowest BCUT2D eigenvalue weighted by Gasteiger charge is -2.16. The number of benzene rings is 1. The lowest BCUT2D eigenvalue weighted by Crippen LogP contribution is -2.19. The molecule has 0 aliphatic heterocycles. The van der Waals surface area contributed by atoms with Crippen LogP contribution in [0.25, 0.3) is 0 Å². The maximum atomic E-state index is 12.2. The van der Waals surface area contributed by atoms with Crippen molar-refractivity contribution in [1.29, 1.82) is 0 Å². The molecule has 1 aliphatic rings. The lowest BCUT2D eigenvalue weighted by atomic mass is 9.90. The number of carboxylic acid groups (broad SMARTS) is 1. The maximum Gasteiger partial charge on any atom is 0.303 e. The molecule has 1 aromatic rings. The molecule has 0 bridgehead atoms. The summed E-state index contributed by atoms with van der Waals surface area (Å²) < 4.78 is 0. The fraction of sp³-hybridized carbons (Fsp3) is 0.478. The smallest absolute Gasteiger partial charge is 0.303 e. The highest BCUT2D eigenvalue weighted by Gasteiger charge is 2.39. The van der Waals surface area contributed by atoms with E-state index in [1.165, 1.54) is 0 Å². The van der Waals surface area contributed by atoms with E-state index in [2.05, 4.69) is 0 Å². The highest BCUT2D eigenvalue weighted by Crippen LogP contribution is 2.33. The number of hydrogen-bond donors (Lipinski definition) is 3. The van der Waals surface area contributed by atoms with Gasteiger partial charge in [-0.05, 0) is 37.7 Å². The quantitative estimate of drug-likeness (QED) is 0.401. The number of hydrogen-bond acceptors (Lipinski definition) is 4. The Balaban J connectivity index is 1.82. The minimum absolute atomic E-state index is 0.0381. The van der Waals surface area contributed by atoms with Crippen LogP contribution >= 0.6 is 0 Å². The molecule has 1 fully saturated rings. The maximum absolute atomic E-state index is 12.2. The minimum Gasteiger partial charge on any atom is -0.481 e. The standard InChI is InChI=1S/C23H30O5/c24-18(13-12-17-8-4-3-5-9-17)14-15-20-19(21(25)16-22(20)26)10-6-1-2-7-11-23(27)28/h1,3-6,8-9,14-15,18-20,22,24,26H,2,7,10-13,16H2,(H,27,28)/t18?,19-,20-,22-/m1/s1. The van der Waals surface area contributed by atoms with Crippen molar-refractivity contribution in [2.45, 2.75) is 57.2 Å². The molecule has 1 aliphatic carbocycles. The van der Waals surface area contributed by atoms with Crippen molar-refractivity contribution in [1.82, 2.24) is 0 Å². The number of carboxylic acids is 1. The molecule has 0 saturated heterocycles. The van der Waals surface area contributed by atoms with E-state index in [-0.39, 0.29) is 30.5 Å². The van der Waals surface area contributed by atoms with Gasteiger partial charge in [-0.25, -0.2) is 0 Å². The Morgan fingerprint density at radius 2 is 1.96 bits per heavy atom. The number of ketones is 1. The number of allylic oxidation sites excluding steroid dienone is 2. The summed E-state index contributed by atoms with van der Waals surface area (Å²) in [5, 5.41) is 29.0. The number of aliphatic carboxylic acids is 1. The molecular weight excluding hydrogens is 356 g/mol. The molecule has 152 valence electrons. The Kier molecular flexibility index (Phi) is 9.11. The molecule has 1 saturated carbocycles. The first-order valence-corrected chi connectivity index (χ1v) is 9.95. The van der Waals surface area contributed by atoms with E-state index < -0.39 is 18.2 Å². The molecule has 2 rings (SSSR count). The van der Waals surface area contributed by atoms with Gasteiger partial charge < -0.3 is 15.3 Å². The number of carbonyl (C=O) groups excluding carboxylic acids is 1. The van der Waals surface area contributed by atoms with Gasteiger partial charge in [0.25, 0.3) is 0 Å². The SMILES string of the molecule is O=C(O)CCCC=CC[C@H]1C(=O)C[C@@H](O)[C@@H]1C=CC(O)CCc1ccccc1. The number of aliphatic hydroxyl groups excluding tert-OH is 2. The van der Waals surface area contributed by atoms with Crippen molar-refractivity contribution in [3.05, 3.63) is 60.2 Å². The predicted octanol–water partition coefficient (Wildman–Crippen LogP) is 3.30. The molecule has 5 heteroatoms. The first-order valence-electron chi connectivity index (χ1n) is 9.95. The van der Waals surface area contributed by atoms with Gasteiger partial charge in [0.15, 0.2) is 0 Å². The lowest BCUT2D eigenvalue weighted by molar-refractivity contribution is -0.137. The zero-order valence-electron chi connectivity index (χ0n) is 16.1. The first kappa shape index (κ1) is 22.1. The zero-order chi connectivity index (χ0) is 20.4. The fourth-order valence-electron chi connectivity index (χ4n) is 3.57. The molecule has 0 aromatic heterocycles. The molecule has 1 unspecified atom stereocenters. The molecule has 0 spiro atoms. The van der Waals surface area contributed by atoms with Crippen molar-refractivity contribution >= 4 is 11.8 Å². The van der Waals surface area contributed by atoms with Gasteiger partial charge in [0.05, 0.1) is 12.2 Å². The second-order valence-electron chi connectivity index (χ2n) is 7.39. The van der Waals surface area contributed by atoms with Crippen LogP contribution in [0.4, 0.5) is 0 Å². The second-order valence-corrected chi connectivity index (χ2v) is 7.39. The first-order chi connectivity index (χ1) is 13.5. The summed E-state index contributed by atoms with van der Waals surface area (Å²) >= 11 is 0. The molecule has 4 atom stereocenters. The van der Waals surface area contributed by atoms with Crippen LogP contribution in [0.1, 0.15) is 44.1 Å². The minimum atomic E-state index is -0.807. The van der Waals surface area contributed by atoms with Gasteiger partial charge in [-0.1, -0.05) is 54.6 Å². The van der Waals surface area contributed by atoms with E-state index in [0.717, 1.165) is 12.0 Å². The largest absolute Gasteiger partial charge is 0.481 e. The van der Waals surface area contributed by atoms with Gasteiger partial charge in [-0.15, -0.1) is 0 Å². The Bertz CT molecular complexity index is 679. The van der Waals surface area contributed by atoms with Crippen molar-refractivity contribution in [2.24, 2.45) is 11.8 Å². The Hall–Kier alpha value is -2.24. The molecular formula is C23H30O5. The predicted molar refractivity (Wildman–Crippen MR) is 108 cm³/mol. The molecule has 0 radical (unpaired) electrons. The van der Waals surface area contributed by atoms with Gasteiger partial charge in [0.2, 0.25) is 0 Å². The molecule has 1 aromatic carbocycles.